The number of nitrogens with zero attached hydrogens (tertiary/aromatic N) is 2. The Morgan fingerprint density at radius 3 is 2.60 bits per heavy atom. The highest BCUT2D eigenvalue weighted by atomic mass is 35.5. The van der Waals surface area contributed by atoms with Crippen LogP contribution in [0.3, 0.4) is 0 Å². The lowest BCUT2D eigenvalue weighted by Gasteiger charge is -2.13. The fraction of sp³-hybridized carbons (Fsp3) is 0.231. The SMILES string of the molecule is CCc1cnc(SCC(=O)O)n1-c1c(Cl)cccc1Cl. The third-order valence-corrected chi connectivity index (χ3v) is 4.20. The summed E-state index contributed by atoms with van der Waals surface area (Å²) >= 11 is 13.6. The van der Waals surface area contributed by atoms with Crippen molar-refractivity contribution in [2.75, 3.05) is 5.75 Å². The molecule has 1 N–H and O–H groups in total. The summed E-state index contributed by atoms with van der Waals surface area (Å²) in [5, 5.41) is 10.4. The topological polar surface area (TPSA) is 55.1 Å². The van der Waals surface area contributed by atoms with Gasteiger partial charge in [0.2, 0.25) is 0 Å². The largest absolute Gasteiger partial charge is 0.481 e. The van der Waals surface area contributed by atoms with E-state index in [-0.39, 0.29) is 5.75 Å². The van der Waals surface area contributed by atoms with Gasteiger partial charge in [-0.3, -0.25) is 9.36 Å². The number of hydrogen-bond donors (Lipinski definition) is 1. The number of imidazole rings is 1. The van der Waals surface area contributed by atoms with Crippen molar-refractivity contribution in [1.29, 1.82) is 0 Å². The molecule has 0 aliphatic heterocycles. The Kier molecular flexibility index (Phi) is 4.96. The first-order chi connectivity index (χ1) is 9.54. The number of carbonyl (C=O) groups is 1. The van der Waals surface area contributed by atoms with Crippen molar-refractivity contribution in [3.05, 3.63) is 40.1 Å². The first-order valence-corrected chi connectivity index (χ1v) is 7.64. The Balaban J connectivity index is 2.53. The molecule has 0 atom stereocenters. The maximum absolute atomic E-state index is 10.7. The lowest BCUT2D eigenvalue weighted by atomic mass is 10.3. The van der Waals surface area contributed by atoms with Gasteiger partial charge in [-0.25, -0.2) is 4.98 Å². The zero-order chi connectivity index (χ0) is 14.7. The first kappa shape index (κ1) is 15.2. The van der Waals surface area contributed by atoms with Crippen molar-refractivity contribution < 1.29 is 9.90 Å². The Morgan fingerprint density at radius 2 is 2.05 bits per heavy atom. The number of carboxylic acids is 1. The summed E-state index contributed by atoms with van der Waals surface area (Å²) in [7, 11) is 0. The molecule has 0 aliphatic rings. The van der Waals surface area contributed by atoms with E-state index in [0.717, 1.165) is 23.9 Å². The molecule has 0 spiro atoms. The van der Waals surface area contributed by atoms with Crippen LogP contribution in [0.2, 0.25) is 10.0 Å². The van der Waals surface area contributed by atoms with Gasteiger partial charge < -0.3 is 5.11 Å². The molecule has 0 unspecified atom stereocenters. The summed E-state index contributed by atoms with van der Waals surface area (Å²) in [6.45, 7) is 1.99. The van der Waals surface area contributed by atoms with E-state index in [9.17, 15) is 4.79 Å². The van der Waals surface area contributed by atoms with E-state index in [1.807, 2.05) is 11.5 Å². The summed E-state index contributed by atoms with van der Waals surface area (Å²) in [6.07, 6.45) is 2.45. The van der Waals surface area contributed by atoms with Crippen LogP contribution in [0.1, 0.15) is 12.6 Å². The number of carboxylic acid groups (broad SMARTS) is 1. The molecular weight excluding hydrogens is 319 g/mol. The average molecular weight is 331 g/mol. The fourth-order valence-electron chi connectivity index (χ4n) is 1.79. The van der Waals surface area contributed by atoms with Crippen LogP contribution in [-0.4, -0.2) is 26.4 Å². The molecule has 0 bridgehead atoms. The minimum atomic E-state index is -0.896. The number of thioether (sulfide) groups is 1. The van der Waals surface area contributed by atoms with Gasteiger partial charge in [0.15, 0.2) is 5.16 Å². The molecule has 0 saturated heterocycles. The number of halogens is 2. The van der Waals surface area contributed by atoms with Crippen molar-refractivity contribution >= 4 is 40.9 Å². The maximum Gasteiger partial charge on any atom is 0.313 e. The van der Waals surface area contributed by atoms with Crippen LogP contribution in [-0.2, 0) is 11.2 Å². The number of aliphatic carboxylic acids is 1. The van der Waals surface area contributed by atoms with E-state index < -0.39 is 5.97 Å². The molecule has 0 aliphatic carbocycles. The van der Waals surface area contributed by atoms with Crippen LogP contribution in [0.5, 0.6) is 0 Å². The molecule has 2 aromatic rings. The molecule has 4 nitrogen and oxygen atoms in total. The van der Waals surface area contributed by atoms with Gasteiger partial charge in [0.25, 0.3) is 0 Å². The molecule has 106 valence electrons. The number of aryl methyl sites for hydroxylation is 1. The summed E-state index contributed by atoms with van der Waals surface area (Å²) < 4.78 is 1.82. The molecule has 1 heterocycles. The molecule has 0 fully saturated rings. The molecule has 7 heteroatoms. The molecule has 1 aromatic carbocycles. The third kappa shape index (κ3) is 3.11. The number of aromatic nitrogens is 2. The Labute approximate surface area is 130 Å². The van der Waals surface area contributed by atoms with E-state index >= 15 is 0 Å². The number of para-hydroxylation sites is 1. The highest BCUT2D eigenvalue weighted by Crippen LogP contribution is 2.33. The van der Waals surface area contributed by atoms with Crippen LogP contribution in [0.15, 0.2) is 29.6 Å². The minimum Gasteiger partial charge on any atom is -0.481 e. The Morgan fingerprint density at radius 1 is 1.40 bits per heavy atom. The maximum atomic E-state index is 10.7. The second-order valence-electron chi connectivity index (χ2n) is 3.97. The fourth-order valence-corrected chi connectivity index (χ4v) is 3.07. The highest BCUT2D eigenvalue weighted by molar-refractivity contribution is 7.99. The quantitative estimate of drug-likeness (QED) is 0.844. The predicted octanol–water partition coefficient (Wildman–Crippen LogP) is 3.92. The summed E-state index contributed by atoms with van der Waals surface area (Å²) in [5.74, 6) is -0.963. The number of benzene rings is 1. The lowest BCUT2D eigenvalue weighted by molar-refractivity contribution is -0.133. The van der Waals surface area contributed by atoms with Crippen LogP contribution in [0.4, 0.5) is 0 Å². The van der Waals surface area contributed by atoms with Crippen molar-refractivity contribution in [1.82, 2.24) is 9.55 Å². The monoisotopic (exact) mass is 330 g/mol. The van der Waals surface area contributed by atoms with E-state index in [2.05, 4.69) is 4.98 Å². The standard InChI is InChI=1S/C13H12Cl2N2O2S/c1-2-8-6-16-13(20-7-11(18)19)17(8)12-9(14)4-3-5-10(12)15/h3-6H,2,7H2,1H3,(H,18,19). The molecule has 20 heavy (non-hydrogen) atoms. The molecule has 0 amide bonds. The van der Waals surface area contributed by atoms with Crippen molar-refractivity contribution in [3.8, 4) is 5.69 Å². The second-order valence-corrected chi connectivity index (χ2v) is 5.73. The van der Waals surface area contributed by atoms with Crippen LogP contribution in [0, 0.1) is 0 Å². The predicted molar refractivity (Wildman–Crippen MR) is 81.3 cm³/mol. The Bertz CT molecular complexity index is 623. The van der Waals surface area contributed by atoms with Gasteiger partial charge in [-0.2, -0.15) is 0 Å². The molecular formula is C13H12Cl2N2O2S. The zero-order valence-electron chi connectivity index (χ0n) is 10.6. The van der Waals surface area contributed by atoms with Crippen molar-refractivity contribution in [2.45, 2.75) is 18.5 Å². The van der Waals surface area contributed by atoms with E-state index in [4.69, 9.17) is 28.3 Å². The number of hydrogen-bond acceptors (Lipinski definition) is 3. The van der Waals surface area contributed by atoms with Gasteiger partial charge in [-0.05, 0) is 18.6 Å². The van der Waals surface area contributed by atoms with Gasteiger partial charge in [0.05, 0.1) is 21.5 Å². The van der Waals surface area contributed by atoms with Crippen LogP contribution in [0.25, 0.3) is 5.69 Å². The van der Waals surface area contributed by atoms with Gasteiger partial charge >= 0.3 is 5.97 Å². The molecule has 1 aromatic heterocycles. The molecule has 0 saturated carbocycles. The molecule has 0 radical (unpaired) electrons. The van der Waals surface area contributed by atoms with Crippen LogP contribution < -0.4 is 0 Å². The normalized spacial score (nSPS) is 10.8. The second kappa shape index (κ2) is 6.52. The lowest BCUT2D eigenvalue weighted by Crippen LogP contribution is -2.05. The van der Waals surface area contributed by atoms with Crippen molar-refractivity contribution in [2.24, 2.45) is 0 Å². The summed E-state index contributed by atoms with van der Waals surface area (Å²) in [6, 6.07) is 5.25. The Hall–Kier alpha value is -1.17. The average Bonchev–Trinajstić information content (AvgIpc) is 2.79. The van der Waals surface area contributed by atoms with Gasteiger partial charge in [0.1, 0.15) is 0 Å². The summed E-state index contributed by atoms with van der Waals surface area (Å²) in [5.41, 5.74) is 1.56. The van der Waals surface area contributed by atoms with E-state index in [0.29, 0.717) is 20.9 Å². The summed E-state index contributed by atoms with van der Waals surface area (Å²) in [4.78, 5) is 15.0. The van der Waals surface area contributed by atoms with Gasteiger partial charge in [-0.15, -0.1) is 0 Å². The highest BCUT2D eigenvalue weighted by Gasteiger charge is 2.17. The van der Waals surface area contributed by atoms with E-state index in [1.165, 1.54) is 0 Å². The van der Waals surface area contributed by atoms with E-state index in [1.54, 1.807) is 24.4 Å². The van der Waals surface area contributed by atoms with Crippen LogP contribution >= 0.6 is 35.0 Å². The van der Waals surface area contributed by atoms with Gasteiger partial charge in [-0.1, -0.05) is 48.0 Å². The van der Waals surface area contributed by atoms with Crippen molar-refractivity contribution in [3.63, 3.8) is 0 Å². The minimum absolute atomic E-state index is 0.0672. The smallest absolute Gasteiger partial charge is 0.313 e. The zero-order valence-corrected chi connectivity index (χ0v) is 13.0. The number of rotatable bonds is 5. The molecule has 2 rings (SSSR count). The first-order valence-electron chi connectivity index (χ1n) is 5.90. The van der Waals surface area contributed by atoms with Gasteiger partial charge in [0, 0.05) is 11.9 Å². The third-order valence-electron chi connectivity index (χ3n) is 2.65.